The maximum Gasteiger partial charge on any atom is 0.244 e. The molecule has 30 heteroatoms. The van der Waals surface area contributed by atoms with Gasteiger partial charge in [-0.3, -0.25) is 57.5 Å². The number of fused-ring (bicyclic) bond motifs is 7. The first-order valence-electron chi connectivity index (χ1n) is 35.5. The van der Waals surface area contributed by atoms with Crippen LogP contribution < -0.4 is 54.0 Å². The molecule has 2 aliphatic heterocycles. The molecule has 0 aliphatic carbocycles. The van der Waals surface area contributed by atoms with E-state index in [4.69, 9.17) is 11.5 Å². The van der Waals surface area contributed by atoms with Crippen LogP contribution in [0.2, 0.25) is 0 Å². The van der Waals surface area contributed by atoms with Gasteiger partial charge in [-0.25, -0.2) is 9.97 Å². The van der Waals surface area contributed by atoms with Crippen molar-refractivity contribution in [2.75, 3.05) is 24.6 Å². The first-order valence-corrected chi connectivity index (χ1v) is 38.0. The number of amides is 8. The number of para-hydroxylation sites is 2. The lowest BCUT2D eigenvalue weighted by Crippen LogP contribution is -2.61. The second kappa shape index (κ2) is 37.9. The predicted molar refractivity (Wildman–Crippen MR) is 400 cm³/mol. The van der Waals surface area contributed by atoms with Crippen LogP contribution in [-0.2, 0) is 96.1 Å². The highest BCUT2D eigenvalue weighted by Crippen LogP contribution is 2.32. The van der Waals surface area contributed by atoms with Crippen LogP contribution >= 0.6 is 21.6 Å². The van der Waals surface area contributed by atoms with Gasteiger partial charge >= 0.3 is 0 Å². The molecule has 8 aromatic rings. The average Bonchev–Trinajstić information content (AvgIpc) is 1.65. The van der Waals surface area contributed by atoms with Gasteiger partial charge in [-0.2, -0.15) is 0 Å². The summed E-state index contributed by atoms with van der Waals surface area (Å²) in [5.74, 6) is -13.8. The number of nitrogens with zero attached hydrogens (tertiary/aromatic N) is 2. The van der Waals surface area contributed by atoms with Crippen molar-refractivity contribution in [2.45, 2.75) is 139 Å². The Bertz CT molecular complexity index is 4110. The van der Waals surface area contributed by atoms with Gasteiger partial charge in [0.25, 0.3) is 0 Å². The number of H-pyrrole nitrogens is 4. The quantitative estimate of drug-likeness (QED) is 0.0618. The third kappa shape index (κ3) is 21.6. The van der Waals surface area contributed by atoms with E-state index >= 15 is 24.0 Å². The van der Waals surface area contributed by atoms with Gasteiger partial charge in [-0.05, 0) is 73.7 Å². The number of carbonyl (C=O) groups excluding carboxylic acids is 12. The Hall–Kier alpha value is -10.6. The second-order valence-electron chi connectivity index (χ2n) is 27.1. The van der Waals surface area contributed by atoms with Crippen LogP contribution in [0.3, 0.4) is 0 Å². The fourth-order valence-electron chi connectivity index (χ4n) is 13.2. The highest BCUT2D eigenvalue weighted by molar-refractivity contribution is 8.76. The maximum atomic E-state index is 15.6. The number of hydrogen-bond donors (Lipinski definition) is 14. The van der Waals surface area contributed by atoms with Crippen LogP contribution in [0.25, 0.3) is 21.8 Å². The van der Waals surface area contributed by atoms with Gasteiger partial charge in [0.05, 0.1) is 36.0 Å². The summed E-state index contributed by atoms with van der Waals surface area (Å²) >= 11 is 0. The van der Waals surface area contributed by atoms with Crippen molar-refractivity contribution in [2.24, 2.45) is 35.1 Å². The van der Waals surface area contributed by atoms with Crippen molar-refractivity contribution in [1.82, 2.24) is 72.4 Å². The number of nitrogens with one attached hydrogen (secondary N) is 12. The molecule has 2 bridgehead atoms. The fraction of sp³-hybridized carbons (Fsp3) is 0.395. The first-order chi connectivity index (χ1) is 51.2. The Morgan fingerprint density at radius 3 is 1.42 bits per heavy atom. The zero-order valence-corrected chi connectivity index (χ0v) is 60.5. The zero-order valence-electron chi connectivity index (χ0n) is 58.9. The van der Waals surface area contributed by atoms with Gasteiger partial charge in [0.1, 0.15) is 59.6 Å². The lowest BCUT2D eigenvalue weighted by molar-refractivity contribution is -0.136. The third-order valence-corrected chi connectivity index (χ3v) is 21.7. The molecule has 558 valence electrons. The van der Waals surface area contributed by atoms with E-state index in [1.807, 2.05) is 42.5 Å². The Morgan fingerprint density at radius 1 is 0.387 bits per heavy atom. The second-order valence-corrected chi connectivity index (χ2v) is 29.6. The predicted octanol–water partition coefficient (Wildman–Crippen LogP) is 3.18. The van der Waals surface area contributed by atoms with Crippen LogP contribution in [0.15, 0.2) is 147 Å². The lowest BCUT2D eigenvalue weighted by Gasteiger charge is -2.28. The molecule has 0 radical (unpaired) electrons. The third-order valence-electron chi connectivity index (χ3n) is 19.2. The number of hydrogen-bond acceptors (Lipinski definition) is 18. The molecule has 16 N–H and O–H groups in total. The van der Waals surface area contributed by atoms with E-state index in [1.54, 1.807) is 92.2 Å². The summed E-state index contributed by atoms with van der Waals surface area (Å²) in [7, 11) is 2.11. The molecule has 2 fully saturated rings. The Kier molecular flexibility index (Phi) is 27.9. The molecule has 2 saturated heterocycles. The normalized spacial score (nSPS) is 24.8. The number of Topliss-reactive ketones (excluding diaryl/α,β-unsaturated/α-hetero) is 4. The number of nitrogens with two attached hydrogens (primary N) is 2. The minimum absolute atomic E-state index is 0.0109. The molecular formula is C76H90N16O12S2. The van der Waals surface area contributed by atoms with E-state index in [2.05, 4.69) is 72.4 Å². The summed E-state index contributed by atoms with van der Waals surface area (Å²) in [6, 6.07) is 20.7. The molecule has 12 atom stereocenters. The minimum atomic E-state index is -1.55. The van der Waals surface area contributed by atoms with Crippen molar-refractivity contribution in [3.8, 4) is 0 Å². The number of aromatic nitrogens is 6. The highest BCUT2D eigenvalue weighted by Gasteiger charge is 2.39. The molecule has 28 nitrogen and oxygen atoms in total. The Labute approximate surface area is 619 Å². The number of ketones is 4. The average molecular weight is 1480 g/mol. The molecule has 6 heterocycles. The van der Waals surface area contributed by atoms with Gasteiger partial charge < -0.3 is 73.9 Å². The molecule has 0 unspecified atom stereocenters. The summed E-state index contributed by atoms with van der Waals surface area (Å²) in [4.78, 5) is 201. The lowest BCUT2D eigenvalue weighted by atomic mass is 9.82. The minimum Gasteiger partial charge on any atom is -0.361 e. The molecule has 0 saturated carbocycles. The number of rotatable bonds is 16. The molecule has 106 heavy (non-hydrogen) atoms. The van der Waals surface area contributed by atoms with Crippen molar-refractivity contribution in [3.63, 3.8) is 0 Å². The van der Waals surface area contributed by atoms with Gasteiger partial charge in [0, 0.05) is 134 Å². The van der Waals surface area contributed by atoms with Gasteiger partial charge in [-0.1, -0.05) is 126 Å². The van der Waals surface area contributed by atoms with Crippen molar-refractivity contribution in [3.05, 3.63) is 180 Å². The van der Waals surface area contributed by atoms with Crippen LogP contribution in [0.5, 0.6) is 0 Å². The van der Waals surface area contributed by atoms with E-state index in [1.165, 1.54) is 25.8 Å². The van der Waals surface area contributed by atoms with Crippen LogP contribution in [0.4, 0.5) is 0 Å². The van der Waals surface area contributed by atoms with Gasteiger partial charge in [-0.15, -0.1) is 0 Å². The standard InChI is InChI=1S/C76H90N16O12S2/c1-43-25-66(94)51-33-67(95)47(28-49-35-81-56-19-11-9-17-54(49)56)31-68(96)58(21-23-77)86-72(100)61(27-46-15-7-4-8-16-46)90-75(103)63(34-53-38-80-42-84-53)88-69(97)44(2)85-76(104)64(40-106-105-39-51)92-74(102)62(30-50-36-82-57-20-12-10-18-55(50)57)91-71(99)59(22-24-78)87-73(101)60(26-45-13-5-3-6-14-45)89-70(98)48(32-65(43)93)29-52-37-79-41-83-52/h3-20,35-38,41-44,47-48,51,58-64,81-82H,21-34,39-40,77-78H2,1-2H3,(H,79,83)(H,80,84)(H,85,104)(H,86,100)(H,87,101)(H,88,97)(H,89,98)(H,90,103)(H,91,99)(H,92,102)/t43-,44+,47-,48-,51+,58+,59+,60-,61-,62+,63+,64+/m1/s1. The van der Waals surface area contributed by atoms with Crippen molar-refractivity contribution in [1.29, 1.82) is 0 Å². The maximum absolute atomic E-state index is 15.6. The number of aromatic amines is 4. The number of imidazole rings is 2. The highest BCUT2D eigenvalue weighted by atomic mass is 33.1. The largest absolute Gasteiger partial charge is 0.361 e. The SMILES string of the molecule is C[C@@H]1CC(=O)[C@@H]2CSSC[C@H](NC(=O)[C@H](Cc3c[nH]c4ccccc34)NC(=O)[C@H](CCN)NC(=O)[C@@H](Cc3ccccc3)NC(=O)[C@H](Cc3c[nH]cn3)CC1=O)C(=O)N[C@@H](C)C(=O)N[C@@H](Cc1c[nH]cn1)C(=O)N[C@H](Cc1ccccc1)C(=O)N[C@@H](CCN)C(=O)C[C@@H](Cc1c[nH]c3ccccc13)C(=O)C2. The van der Waals surface area contributed by atoms with E-state index in [0.29, 0.717) is 44.5 Å². The molecule has 8 amide bonds. The van der Waals surface area contributed by atoms with E-state index in [9.17, 15) is 33.6 Å². The van der Waals surface area contributed by atoms with Crippen LogP contribution in [0.1, 0.15) is 86.0 Å². The molecule has 0 spiro atoms. The number of benzene rings is 4. The first kappa shape index (κ1) is 78.0. The van der Waals surface area contributed by atoms with E-state index in [0.717, 1.165) is 32.5 Å². The van der Waals surface area contributed by atoms with E-state index in [-0.39, 0.29) is 76.0 Å². The summed E-state index contributed by atoms with van der Waals surface area (Å²) in [5.41, 5.74) is 17.0. The van der Waals surface area contributed by atoms with Crippen molar-refractivity contribution < 1.29 is 57.5 Å². The summed E-state index contributed by atoms with van der Waals surface area (Å²) < 4.78 is 0. The summed E-state index contributed by atoms with van der Waals surface area (Å²) in [6.07, 6.45) is 6.57. The van der Waals surface area contributed by atoms with Crippen molar-refractivity contribution >= 4 is 114 Å². The Morgan fingerprint density at radius 2 is 0.849 bits per heavy atom. The monoisotopic (exact) mass is 1480 g/mol. The molecule has 2 aliphatic rings. The molecule has 4 aromatic heterocycles. The Balaban J connectivity index is 1.06. The van der Waals surface area contributed by atoms with Gasteiger partial charge in [0.2, 0.25) is 47.3 Å². The van der Waals surface area contributed by atoms with Gasteiger partial charge in [0.15, 0.2) is 5.78 Å². The van der Waals surface area contributed by atoms with E-state index < -0.39 is 168 Å². The fourth-order valence-corrected chi connectivity index (χ4v) is 15.7. The summed E-state index contributed by atoms with van der Waals surface area (Å²) in [6.45, 7) is 2.66. The zero-order chi connectivity index (χ0) is 75.2. The summed E-state index contributed by atoms with van der Waals surface area (Å²) in [5, 5.41) is 23.8. The molecule has 4 aromatic carbocycles. The van der Waals surface area contributed by atoms with Crippen LogP contribution in [-0.4, -0.2) is 173 Å². The molecular weight excluding hydrogens is 1390 g/mol. The topological polar surface area (TPSA) is 442 Å². The smallest absolute Gasteiger partial charge is 0.244 e. The number of carbonyl (C=O) groups is 12. The molecule has 10 rings (SSSR count). The van der Waals surface area contributed by atoms with Crippen LogP contribution in [0, 0.1) is 23.7 Å².